The number of aliphatic hydroxyl groups is 1. The molecule has 1 rings (SSSR count). The Bertz CT molecular complexity index is 365. The van der Waals surface area contributed by atoms with Gasteiger partial charge in [0.15, 0.2) is 6.29 Å². The van der Waals surface area contributed by atoms with Gasteiger partial charge in [-0.05, 0) is 12.2 Å². The first-order valence-corrected chi connectivity index (χ1v) is 6.71. The van der Waals surface area contributed by atoms with E-state index < -0.39 is 0 Å². The number of anilines is 1. The van der Waals surface area contributed by atoms with Gasteiger partial charge in [-0.25, -0.2) is 9.97 Å². The van der Waals surface area contributed by atoms with Crippen molar-refractivity contribution in [3.8, 4) is 0 Å². The number of thioether (sulfide) groups is 1. The van der Waals surface area contributed by atoms with Gasteiger partial charge in [0.25, 0.3) is 0 Å². The molecule has 5 nitrogen and oxygen atoms in total. The highest BCUT2D eigenvalue weighted by molar-refractivity contribution is 7.99. The SMILES string of the molecule is O=Cc1c(Cl)ncnc1NCCSCCCO. The number of nitrogens with one attached hydrogen (secondary N) is 1. The molecule has 1 aromatic rings. The van der Waals surface area contributed by atoms with E-state index in [1.807, 2.05) is 0 Å². The lowest BCUT2D eigenvalue weighted by Gasteiger charge is -2.07. The summed E-state index contributed by atoms with van der Waals surface area (Å²) in [5.74, 6) is 2.26. The molecule has 7 heteroatoms. The average Bonchev–Trinajstić information content (AvgIpc) is 2.34. The molecule has 0 bridgehead atoms. The molecule has 0 aromatic carbocycles. The van der Waals surface area contributed by atoms with Crippen molar-refractivity contribution in [2.75, 3.05) is 30.0 Å². The van der Waals surface area contributed by atoms with E-state index in [0.29, 0.717) is 18.6 Å². The zero-order valence-corrected chi connectivity index (χ0v) is 10.8. The summed E-state index contributed by atoms with van der Waals surface area (Å²) in [6.45, 7) is 0.904. The summed E-state index contributed by atoms with van der Waals surface area (Å²) in [4.78, 5) is 18.5. The fourth-order valence-electron chi connectivity index (χ4n) is 1.13. The van der Waals surface area contributed by atoms with Crippen LogP contribution in [-0.4, -0.2) is 46.0 Å². The molecule has 2 N–H and O–H groups in total. The molecule has 0 fully saturated rings. The Morgan fingerprint density at radius 3 is 3.00 bits per heavy atom. The molecule has 0 radical (unpaired) electrons. The lowest BCUT2D eigenvalue weighted by Crippen LogP contribution is -2.09. The Hall–Kier alpha value is -0.850. The van der Waals surface area contributed by atoms with Crippen LogP contribution in [0.2, 0.25) is 5.15 Å². The Morgan fingerprint density at radius 2 is 2.29 bits per heavy atom. The molecule has 0 spiro atoms. The number of aromatic nitrogens is 2. The van der Waals surface area contributed by atoms with Gasteiger partial charge in [0.2, 0.25) is 0 Å². The van der Waals surface area contributed by atoms with Crippen LogP contribution in [0.4, 0.5) is 5.82 Å². The first kappa shape index (κ1) is 14.2. The zero-order valence-electron chi connectivity index (χ0n) is 9.23. The van der Waals surface area contributed by atoms with Gasteiger partial charge in [-0.3, -0.25) is 4.79 Å². The molecule has 0 saturated heterocycles. The maximum absolute atomic E-state index is 10.8. The number of halogens is 1. The number of carbonyl (C=O) groups is 1. The molecular formula is C10H14ClN3O2S. The normalized spacial score (nSPS) is 10.2. The third-order valence-electron chi connectivity index (χ3n) is 1.94. The standard InChI is InChI=1S/C10H14ClN3O2S/c11-9-8(6-16)10(14-7-13-9)12-2-5-17-4-1-3-15/h6-7,15H,1-5H2,(H,12,13,14). The summed E-state index contributed by atoms with van der Waals surface area (Å²) in [5.41, 5.74) is 0.287. The van der Waals surface area contributed by atoms with Crippen LogP contribution in [0.1, 0.15) is 16.8 Å². The zero-order chi connectivity index (χ0) is 12.5. The van der Waals surface area contributed by atoms with Crippen LogP contribution >= 0.6 is 23.4 Å². The van der Waals surface area contributed by atoms with Crippen molar-refractivity contribution in [3.05, 3.63) is 17.0 Å². The third-order valence-corrected chi connectivity index (χ3v) is 3.31. The maximum Gasteiger partial charge on any atom is 0.156 e. The highest BCUT2D eigenvalue weighted by Gasteiger charge is 2.07. The molecule has 0 saturated carbocycles. The molecule has 0 amide bonds. The number of aldehydes is 1. The van der Waals surface area contributed by atoms with E-state index in [0.717, 1.165) is 17.9 Å². The molecule has 0 aliphatic rings. The van der Waals surface area contributed by atoms with E-state index >= 15 is 0 Å². The first-order valence-electron chi connectivity index (χ1n) is 5.17. The van der Waals surface area contributed by atoms with Crippen LogP contribution in [0.3, 0.4) is 0 Å². The lowest BCUT2D eigenvalue weighted by molar-refractivity contribution is 0.112. The molecular weight excluding hydrogens is 262 g/mol. The number of rotatable bonds is 8. The van der Waals surface area contributed by atoms with Crippen LogP contribution in [-0.2, 0) is 0 Å². The predicted molar refractivity (Wildman–Crippen MR) is 69.9 cm³/mol. The second-order valence-corrected chi connectivity index (χ2v) is 4.74. The highest BCUT2D eigenvalue weighted by Crippen LogP contribution is 2.17. The third kappa shape index (κ3) is 4.89. The van der Waals surface area contributed by atoms with Gasteiger partial charge in [-0.15, -0.1) is 0 Å². The van der Waals surface area contributed by atoms with Crippen molar-refractivity contribution >= 4 is 35.5 Å². The minimum absolute atomic E-state index is 0.158. The van der Waals surface area contributed by atoms with Crippen molar-refractivity contribution in [1.29, 1.82) is 0 Å². The van der Waals surface area contributed by atoms with E-state index in [9.17, 15) is 4.79 Å². The summed E-state index contributed by atoms with van der Waals surface area (Å²) in [6.07, 6.45) is 2.75. The summed E-state index contributed by atoms with van der Waals surface area (Å²) >= 11 is 7.48. The van der Waals surface area contributed by atoms with Crippen molar-refractivity contribution < 1.29 is 9.90 Å². The molecule has 17 heavy (non-hydrogen) atoms. The van der Waals surface area contributed by atoms with Crippen molar-refractivity contribution in [2.24, 2.45) is 0 Å². The topological polar surface area (TPSA) is 75.1 Å². The van der Waals surface area contributed by atoms with Crippen LogP contribution in [0.15, 0.2) is 6.33 Å². The summed E-state index contributed by atoms with van der Waals surface area (Å²) < 4.78 is 0. The van der Waals surface area contributed by atoms with Gasteiger partial charge in [0, 0.05) is 18.9 Å². The van der Waals surface area contributed by atoms with E-state index in [2.05, 4.69) is 15.3 Å². The Kier molecular flexibility index (Phi) is 6.91. The molecule has 0 aliphatic carbocycles. The van der Waals surface area contributed by atoms with Crippen molar-refractivity contribution in [2.45, 2.75) is 6.42 Å². The first-order chi connectivity index (χ1) is 8.29. The van der Waals surface area contributed by atoms with E-state index in [1.54, 1.807) is 11.8 Å². The van der Waals surface area contributed by atoms with Gasteiger partial charge in [0.05, 0.1) is 5.56 Å². The van der Waals surface area contributed by atoms with Gasteiger partial charge in [-0.1, -0.05) is 11.6 Å². The van der Waals surface area contributed by atoms with Gasteiger partial charge < -0.3 is 10.4 Å². The summed E-state index contributed by atoms with van der Waals surface area (Å²) in [5, 5.41) is 11.8. The minimum atomic E-state index is 0.158. The molecule has 0 unspecified atom stereocenters. The Balaban J connectivity index is 2.36. The van der Waals surface area contributed by atoms with Crippen LogP contribution in [0, 0.1) is 0 Å². The lowest BCUT2D eigenvalue weighted by atomic mass is 10.3. The molecule has 1 heterocycles. The predicted octanol–water partition coefficient (Wildman–Crippen LogP) is 1.47. The van der Waals surface area contributed by atoms with Crippen LogP contribution in [0.5, 0.6) is 0 Å². The molecule has 94 valence electrons. The van der Waals surface area contributed by atoms with E-state index in [4.69, 9.17) is 16.7 Å². The van der Waals surface area contributed by atoms with E-state index in [-0.39, 0.29) is 17.3 Å². The second kappa shape index (κ2) is 8.27. The number of hydrogen-bond acceptors (Lipinski definition) is 6. The van der Waals surface area contributed by atoms with Gasteiger partial charge >= 0.3 is 0 Å². The quantitative estimate of drug-likeness (QED) is 0.425. The largest absolute Gasteiger partial charge is 0.396 e. The monoisotopic (exact) mass is 275 g/mol. The maximum atomic E-state index is 10.8. The molecule has 0 atom stereocenters. The van der Waals surface area contributed by atoms with Crippen molar-refractivity contribution in [3.63, 3.8) is 0 Å². The Labute approximate surface area is 109 Å². The fourth-order valence-corrected chi connectivity index (χ4v) is 2.09. The number of aliphatic hydroxyl groups excluding tert-OH is 1. The molecule has 0 aliphatic heterocycles. The number of carbonyl (C=O) groups excluding carboxylic acids is 1. The Morgan fingerprint density at radius 1 is 1.47 bits per heavy atom. The van der Waals surface area contributed by atoms with Gasteiger partial charge in [-0.2, -0.15) is 11.8 Å². The molecule has 1 aromatic heterocycles. The summed E-state index contributed by atoms with van der Waals surface area (Å²) in [7, 11) is 0. The number of nitrogens with zero attached hydrogens (tertiary/aromatic N) is 2. The minimum Gasteiger partial charge on any atom is -0.396 e. The summed E-state index contributed by atoms with van der Waals surface area (Å²) in [6, 6.07) is 0. The van der Waals surface area contributed by atoms with Crippen molar-refractivity contribution in [1.82, 2.24) is 9.97 Å². The highest BCUT2D eigenvalue weighted by atomic mass is 35.5. The van der Waals surface area contributed by atoms with E-state index in [1.165, 1.54) is 6.33 Å². The van der Waals surface area contributed by atoms with Crippen LogP contribution in [0.25, 0.3) is 0 Å². The van der Waals surface area contributed by atoms with Crippen LogP contribution < -0.4 is 5.32 Å². The average molecular weight is 276 g/mol. The number of hydrogen-bond donors (Lipinski definition) is 2. The fraction of sp³-hybridized carbons (Fsp3) is 0.500. The smallest absolute Gasteiger partial charge is 0.156 e. The second-order valence-electron chi connectivity index (χ2n) is 3.16. The van der Waals surface area contributed by atoms with Gasteiger partial charge in [0.1, 0.15) is 17.3 Å².